The topological polar surface area (TPSA) is 31.2 Å². The van der Waals surface area contributed by atoms with Gasteiger partial charge in [0.05, 0.1) is 24.6 Å². The van der Waals surface area contributed by atoms with Crippen molar-refractivity contribution in [3.8, 4) is 0 Å². The fourth-order valence-corrected chi connectivity index (χ4v) is 3.64. The van der Waals surface area contributed by atoms with E-state index >= 15 is 0 Å². The number of carbonyl (C=O) groups excluding carboxylic acids is 1. The van der Waals surface area contributed by atoms with Crippen LogP contribution in [-0.4, -0.2) is 17.6 Å². The van der Waals surface area contributed by atoms with Gasteiger partial charge in [-0.15, -0.1) is 0 Å². The van der Waals surface area contributed by atoms with Crippen LogP contribution in [-0.2, 0) is 16.0 Å². The minimum atomic E-state index is -0.196. The molecule has 110 valence electrons. The van der Waals surface area contributed by atoms with Crippen LogP contribution in [0.3, 0.4) is 0 Å². The first-order valence-corrected chi connectivity index (χ1v) is 7.51. The van der Waals surface area contributed by atoms with Gasteiger partial charge in [0.15, 0.2) is 0 Å². The average Bonchev–Trinajstić information content (AvgIpc) is 3.00. The van der Waals surface area contributed by atoms with Crippen LogP contribution in [0.1, 0.15) is 17.2 Å². The highest BCUT2D eigenvalue weighted by atomic mass is 16.5. The summed E-state index contributed by atoms with van der Waals surface area (Å²) in [4.78, 5) is 12.4. The molecule has 4 rings (SSSR count). The van der Waals surface area contributed by atoms with E-state index in [9.17, 15) is 4.79 Å². The lowest BCUT2D eigenvalue weighted by Gasteiger charge is -2.32. The molecule has 0 saturated carbocycles. The first-order valence-electron chi connectivity index (χ1n) is 7.51. The molecule has 0 amide bonds. The molecule has 0 N–H and O–H groups in total. The van der Waals surface area contributed by atoms with Crippen molar-refractivity contribution in [2.45, 2.75) is 12.5 Å². The number of para-hydroxylation sites is 1. The second kappa shape index (κ2) is 5.02. The van der Waals surface area contributed by atoms with Crippen molar-refractivity contribution < 1.29 is 9.53 Å². The van der Waals surface area contributed by atoms with Crippen LogP contribution in [0.2, 0.25) is 0 Å². The summed E-state index contributed by atoms with van der Waals surface area (Å²) in [5.41, 5.74) is 3.59. The van der Waals surface area contributed by atoms with Crippen LogP contribution < -0.4 is 0 Å². The Hall–Kier alpha value is -2.55. The van der Waals surface area contributed by atoms with Crippen LogP contribution in [0, 0.1) is 5.92 Å². The highest BCUT2D eigenvalue weighted by molar-refractivity contribution is 5.86. The molecule has 22 heavy (non-hydrogen) atoms. The molecule has 2 atom stereocenters. The Bertz CT molecular complexity index is 835. The van der Waals surface area contributed by atoms with Crippen molar-refractivity contribution in [1.29, 1.82) is 0 Å². The van der Waals surface area contributed by atoms with Gasteiger partial charge in [-0.25, -0.2) is 0 Å². The molecule has 0 fully saturated rings. The van der Waals surface area contributed by atoms with Gasteiger partial charge < -0.3 is 9.30 Å². The molecule has 3 nitrogen and oxygen atoms in total. The van der Waals surface area contributed by atoms with E-state index in [-0.39, 0.29) is 17.9 Å². The van der Waals surface area contributed by atoms with Crippen molar-refractivity contribution in [2.75, 3.05) is 7.11 Å². The van der Waals surface area contributed by atoms with Gasteiger partial charge in [0, 0.05) is 6.20 Å². The number of benzene rings is 2. The lowest BCUT2D eigenvalue weighted by atomic mass is 9.84. The molecule has 0 radical (unpaired) electrons. The van der Waals surface area contributed by atoms with Crippen molar-refractivity contribution in [3.63, 3.8) is 0 Å². The molecule has 1 aliphatic rings. The number of aromatic nitrogens is 1. The van der Waals surface area contributed by atoms with Crippen LogP contribution in [0.25, 0.3) is 10.9 Å². The Labute approximate surface area is 129 Å². The number of ether oxygens (including phenoxy) is 1. The Kier molecular flexibility index (Phi) is 3.00. The van der Waals surface area contributed by atoms with Crippen molar-refractivity contribution in [2.24, 2.45) is 5.92 Å². The molecule has 3 aromatic rings. The molecule has 0 unspecified atom stereocenters. The maximum atomic E-state index is 12.4. The van der Waals surface area contributed by atoms with Gasteiger partial charge in [-0.05, 0) is 29.0 Å². The number of esters is 1. The summed E-state index contributed by atoms with van der Waals surface area (Å²) >= 11 is 0. The number of hydrogen-bond donors (Lipinski definition) is 0. The van der Waals surface area contributed by atoms with Gasteiger partial charge in [0.25, 0.3) is 0 Å². The molecule has 1 aliphatic heterocycles. The van der Waals surface area contributed by atoms with Gasteiger partial charge in [0.1, 0.15) is 0 Å². The Morgan fingerprint density at radius 2 is 1.91 bits per heavy atom. The molecule has 0 bridgehead atoms. The van der Waals surface area contributed by atoms with E-state index in [2.05, 4.69) is 47.2 Å². The number of rotatable bonds is 2. The predicted octanol–water partition coefficient (Wildman–Crippen LogP) is 3.58. The van der Waals surface area contributed by atoms with Gasteiger partial charge in [0.2, 0.25) is 0 Å². The molecular weight excluding hydrogens is 274 g/mol. The average molecular weight is 291 g/mol. The van der Waals surface area contributed by atoms with E-state index < -0.39 is 0 Å². The lowest BCUT2D eigenvalue weighted by molar-refractivity contribution is -0.146. The van der Waals surface area contributed by atoms with Gasteiger partial charge >= 0.3 is 5.97 Å². The highest BCUT2D eigenvalue weighted by Gasteiger charge is 2.36. The largest absolute Gasteiger partial charge is 0.469 e. The minimum absolute atomic E-state index is 0.0129. The minimum Gasteiger partial charge on any atom is -0.469 e. The van der Waals surface area contributed by atoms with Crippen molar-refractivity contribution in [1.82, 2.24) is 4.57 Å². The Balaban J connectivity index is 1.95. The van der Waals surface area contributed by atoms with E-state index in [1.807, 2.05) is 18.2 Å². The number of nitrogens with zero attached hydrogens (tertiary/aromatic N) is 1. The zero-order chi connectivity index (χ0) is 15.1. The molecular formula is C19H17NO2. The molecule has 0 saturated heterocycles. The van der Waals surface area contributed by atoms with E-state index in [4.69, 9.17) is 4.74 Å². The maximum Gasteiger partial charge on any atom is 0.311 e. The summed E-state index contributed by atoms with van der Waals surface area (Å²) in [5.74, 6) is -0.344. The summed E-state index contributed by atoms with van der Waals surface area (Å²) in [7, 11) is 1.47. The van der Waals surface area contributed by atoms with Crippen LogP contribution >= 0.6 is 0 Å². The SMILES string of the molecule is COC(=O)[C@@H]1Cc2cccc3ccn(c23)[C@@H]1c1ccccc1. The standard InChI is InChI=1S/C19H17NO2/c1-22-19(21)16-12-15-9-5-8-14-10-11-20(17(14)15)18(16)13-6-3-2-4-7-13/h2-11,16,18H,12H2,1H3/t16-,18-/m1/s1. The summed E-state index contributed by atoms with van der Waals surface area (Å²) in [6.07, 6.45) is 2.80. The fraction of sp³-hybridized carbons (Fsp3) is 0.211. The third-order valence-corrected chi connectivity index (χ3v) is 4.59. The third-order valence-electron chi connectivity index (χ3n) is 4.59. The summed E-state index contributed by atoms with van der Waals surface area (Å²) in [6, 6.07) is 18.6. The maximum absolute atomic E-state index is 12.4. The second-order valence-electron chi connectivity index (χ2n) is 5.77. The normalized spacial score (nSPS) is 20.0. The van der Waals surface area contributed by atoms with Crippen LogP contribution in [0.4, 0.5) is 0 Å². The van der Waals surface area contributed by atoms with Gasteiger partial charge in [-0.1, -0.05) is 48.5 Å². The van der Waals surface area contributed by atoms with Gasteiger partial charge in [-0.3, -0.25) is 4.79 Å². The van der Waals surface area contributed by atoms with Gasteiger partial charge in [-0.2, -0.15) is 0 Å². The summed E-state index contributed by atoms with van der Waals surface area (Å²) in [6.45, 7) is 0. The zero-order valence-corrected chi connectivity index (χ0v) is 12.4. The monoisotopic (exact) mass is 291 g/mol. The first-order chi connectivity index (χ1) is 10.8. The first kappa shape index (κ1) is 13.1. The number of methoxy groups -OCH3 is 1. The predicted molar refractivity (Wildman–Crippen MR) is 85.7 cm³/mol. The molecule has 2 heterocycles. The molecule has 1 aromatic heterocycles. The zero-order valence-electron chi connectivity index (χ0n) is 12.4. The Morgan fingerprint density at radius 3 is 2.68 bits per heavy atom. The van der Waals surface area contributed by atoms with Crippen LogP contribution in [0.15, 0.2) is 60.8 Å². The lowest BCUT2D eigenvalue weighted by Crippen LogP contribution is -2.33. The number of carbonyl (C=O) groups is 1. The Morgan fingerprint density at radius 1 is 1.09 bits per heavy atom. The number of hydrogen-bond acceptors (Lipinski definition) is 2. The third kappa shape index (κ3) is 1.86. The molecule has 0 aliphatic carbocycles. The second-order valence-corrected chi connectivity index (χ2v) is 5.77. The quantitative estimate of drug-likeness (QED) is 0.676. The molecule has 3 heteroatoms. The van der Waals surface area contributed by atoms with Crippen molar-refractivity contribution >= 4 is 16.9 Å². The van der Waals surface area contributed by atoms with E-state index in [0.29, 0.717) is 6.42 Å². The van der Waals surface area contributed by atoms with E-state index in [0.717, 1.165) is 5.56 Å². The fourth-order valence-electron chi connectivity index (χ4n) is 3.64. The molecule has 0 spiro atoms. The van der Waals surface area contributed by atoms with E-state index in [1.165, 1.54) is 23.6 Å². The molecule has 2 aromatic carbocycles. The van der Waals surface area contributed by atoms with Crippen LogP contribution in [0.5, 0.6) is 0 Å². The summed E-state index contributed by atoms with van der Waals surface area (Å²) < 4.78 is 7.30. The smallest absolute Gasteiger partial charge is 0.311 e. The highest BCUT2D eigenvalue weighted by Crippen LogP contribution is 2.39. The summed E-state index contributed by atoms with van der Waals surface area (Å²) in [5, 5.41) is 1.22. The van der Waals surface area contributed by atoms with E-state index in [1.54, 1.807) is 0 Å². The van der Waals surface area contributed by atoms with Crippen molar-refractivity contribution in [3.05, 3.63) is 71.9 Å².